The van der Waals surface area contributed by atoms with Gasteiger partial charge in [0.2, 0.25) is 5.75 Å². The first-order chi connectivity index (χ1) is 15.0. The topological polar surface area (TPSA) is 117 Å². The molecule has 0 heterocycles. The lowest BCUT2D eigenvalue weighted by Crippen LogP contribution is -2.35. The van der Waals surface area contributed by atoms with Gasteiger partial charge in [-0.2, -0.15) is 5.10 Å². The van der Waals surface area contributed by atoms with E-state index in [9.17, 15) is 9.59 Å². The predicted molar refractivity (Wildman–Crippen MR) is 114 cm³/mol. The summed E-state index contributed by atoms with van der Waals surface area (Å²) in [5, 5.41) is 6.39. The minimum absolute atomic E-state index is 0.243. The number of benzene rings is 2. The Morgan fingerprint density at radius 1 is 0.871 bits per heavy atom. The summed E-state index contributed by atoms with van der Waals surface area (Å²) in [6, 6.07) is 8.24. The van der Waals surface area contributed by atoms with Gasteiger partial charge in [0.15, 0.2) is 23.0 Å². The predicted octanol–water partition coefficient (Wildman–Crippen LogP) is 1.61. The number of nitrogens with one attached hydrogen (secondary N) is 2. The van der Waals surface area contributed by atoms with Gasteiger partial charge < -0.3 is 29.0 Å². The van der Waals surface area contributed by atoms with Gasteiger partial charge in [0, 0.05) is 11.1 Å². The van der Waals surface area contributed by atoms with Crippen LogP contribution in [0.5, 0.6) is 28.7 Å². The maximum absolute atomic E-state index is 12.4. The highest BCUT2D eigenvalue weighted by molar-refractivity contribution is 5.97. The van der Waals surface area contributed by atoms with Gasteiger partial charge in [0.05, 0.1) is 48.3 Å². The number of hydrogen-bond donors (Lipinski definition) is 2. The van der Waals surface area contributed by atoms with Crippen molar-refractivity contribution in [1.82, 2.24) is 10.7 Å². The lowest BCUT2D eigenvalue weighted by molar-refractivity contribution is -0.120. The number of carbonyl (C=O) groups excluding carboxylic acids is 2. The molecule has 0 aliphatic rings. The molecule has 2 amide bonds. The Morgan fingerprint density at radius 3 is 2.03 bits per heavy atom. The molecule has 0 aliphatic carbocycles. The Hall–Kier alpha value is -3.95. The third-order valence-corrected chi connectivity index (χ3v) is 4.16. The van der Waals surface area contributed by atoms with Crippen molar-refractivity contribution in [3.8, 4) is 28.7 Å². The van der Waals surface area contributed by atoms with E-state index in [0.717, 1.165) is 0 Å². The molecule has 0 radical (unpaired) electrons. The zero-order valence-corrected chi connectivity index (χ0v) is 18.0. The zero-order chi connectivity index (χ0) is 22.8. The van der Waals surface area contributed by atoms with Gasteiger partial charge in [-0.1, -0.05) is 6.07 Å². The van der Waals surface area contributed by atoms with E-state index in [1.165, 1.54) is 53.9 Å². The Bertz CT molecular complexity index is 935. The lowest BCUT2D eigenvalue weighted by Gasteiger charge is -2.14. The average Bonchev–Trinajstić information content (AvgIpc) is 2.80. The SMILES string of the molecule is COc1cccc(/C=N/NC(=O)CNC(=O)c2cc(OC)c(OC)c(OC)c2)c1OC. The molecule has 2 rings (SSSR count). The molecule has 2 aromatic carbocycles. The summed E-state index contributed by atoms with van der Waals surface area (Å²) >= 11 is 0. The second kappa shape index (κ2) is 11.3. The third-order valence-electron chi connectivity index (χ3n) is 4.16. The van der Waals surface area contributed by atoms with Crippen molar-refractivity contribution in [2.24, 2.45) is 5.10 Å². The molecule has 0 aromatic heterocycles. The van der Waals surface area contributed by atoms with Crippen LogP contribution in [-0.2, 0) is 4.79 Å². The first kappa shape index (κ1) is 23.3. The fraction of sp³-hybridized carbons (Fsp3) is 0.286. The van der Waals surface area contributed by atoms with E-state index in [1.807, 2.05) is 0 Å². The molecule has 0 fully saturated rings. The minimum Gasteiger partial charge on any atom is -0.493 e. The summed E-state index contributed by atoms with van der Waals surface area (Å²) in [4.78, 5) is 24.5. The van der Waals surface area contributed by atoms with Crippen molar-refractivity contribution in [2.45, 2.75) is 0 Å². The van der Waals surface area contributed by atoms with E-state index in [1.54, 1.807) is 18.2 Å². The fourth-order valence-electron chi connectivity index (χ4n) is 2.70. The highest BCUT2D eigenvalue weighted by atomic mass is 16.5. The van der Waals surface area contributed by atoms with Crippen molar-refractivity contribution < 1.29 is 33.3 Å². The smallest absolute Gasteiger partial charge is 0.259 e. The summed E-state index contributed by atoms with van der Waals surface area (Å²) < 4.78 is 26.2. The molecular formula is C21H25N3O7. The monoisotopic (exact) mass is 431 g/mol. The summed E-state index contributed by atoms with van der Waals surface area (Å²) in [5.74, 6) is 1.03. The Labute approximate surface area is 180 Å². The van der Waals surface area contributed by atoms with Crippen LogP contribution in [-0.4, -0.2) is 60.1 Å². The molecule has 0 saturated carbocycles. The van der Waals surface area contributed by atoms with Crippen molar-refractivity contribution in [2.75, 3.05) is 42.1 Å². The molecule has 0 aliphatic heterocycles. The number of carbonyl (C=O) groups is 2. The summed E-state index contributed by atoms with van der Waals surface area (Å²) in [6.07, 6.45) is 1.42. The van der Waals surface area contributed by atoms with E-state index >= 15 is 0 Å². The molecular weight excluding hydrogens is 406 g/mol. The summed E-state index contributed by atoms with van der Waals surface area (Å²) in [6.45, 7) is -0.290. The number of amides is 2. The Balaban J connectivity index is 1.99. The van der Waals surface area contributed by atoms with Crippen LogP contribution in [0.2, 0.25) is 0 Å². The van der Waals surface area contributed by atoms with Gasteiger partial charge in [-0.3, -0.25) is 9.59 Å². The minimum atomic E-state index is -0.515. The van der Waals surface area contributed by atoms with E-state index < -0.39 is 11.8 Å². The highest BCUT2D eigenvalue weighted by Gasteiger charge is 2.17. The normalized spacial score (nSPS) is 10.4. The summed E-state index contributed by atoms with van der Waals surface area (Å²) in [7, 11) is 7.39. The lowest BCUT2D eigenvalue weighted by atomic mass is 10.1. The van der Waals surface area contributed by atoms with Gasteiger partial charge in [-0.05, 0) is 24.3 Å². The van der Waals surface area contributed by atoms with Crippen LogP contribution in [0.1, 0.15) is 15.9 Å². The zero-order valence-electron chi connectivity index (χ0n) is 18.0. The molecule has 31 heavy (non-hydrogen) atoms. The van der Waals surface area contributed by atoms with Crippen LogP contribution >= 0.6 is 0 Å². The van der Waals surface area contributed by atoms with Crippen molar-refractivity contribution >= 4 is 18.0 Å². The molecule has 0 unspecified atom stereocenters. The first-order valence-electron chi connectivity index (χ1n) is 9.10. The number of nitrogens with zero attached hydrogens (tertiary/aromatic N) is 1. The Kier molecular flexibility index (Phi) is 8.50. The second-order valence-electron chi connectivity index (χ2n) is 5.97. The number of methoxy groups -OCH3 is 5. The van der Waals surface area contributed by atoms with Crippen molar-refractivity contribution in [1.29, 1.82) is 0 Å². The molecule has 0 atom stereocenters. The van der Waals surface area contributed by atoms with E-state index in [2.05, 4.69) is 15.8 Å². The number of hydrogen-bond acceptors (Lipinski definition) is 8. The van der Waals surface area contributed by atoms with Crippen LogP contribution in [0, 0.1) is 0 Å². The second-order valence-corrected chi connectivity index (χ2v) is 5.97. The highest BCUT2D eigenvalue weighted by Crippen LogP contribution is 2.38. The maximum atomic E-state index is 12.4. The molecule has 2 N–H and O–H groups in total. The van der Waals surface area contributed by atoms with E-state index in [0.29, 0.717) is 34.3 Å². The van der Waals surface area contributed by atoms with Gasteiger partial charge >= 0.3 is 0 Å². The molecule has 0 spiro atoms. The molecule has 0 saturated heterocycles. The van der Waals surface area contributed by atoms with Crippen LogP contribution in [0.3, 0.4) is 0 Å². The standard InChI is InChI=1S/C21H25N3O7/c1-27-15-8-6-7-13(19(15)30-4)11-23-24-18(25)12-22-21(26)14-9-16(28-2)20(31-5)17(10-14)29-3/h6-11H,12H2,1-5H3,(H,22,26)(H,24,25)/b23-11+. The van der Waals surface area contributed by atoms with Gasteiger partial charge in [-0.25, -0.2) is 5.43 Å². The van der Waals surface area contributed by atoms with Crippen molar-refractivity contribution in [3.63, 3.8) is 0 Å². The third kappa shape index (κ3) is 5.78. The Morgan fingerprint density at radius 2 is 1.48 bits per heavy atom. The summed E-state index contributed by atoms with van der Waals surface area (Å²) in [5.41, 5.74) is 3.20. The van der Waals surface area contributed by atoms with E-state index in [-0.39, 0.29) is 12.1 Å². The van der Waals surface area contributed by atoms with Crippen LogP contribution < -0.4 is 34.4 Å². The van der Waals surface area contributed by atoms with Crippen LogP contribution in [0.15, 0.2) is 35.4 Å². The van der Waals surface area contributed by atoms with Gasteiger partial charge in [0.1, 0.15) is 0 Å². The van der Waals surface area contributed by atoms with Crippen LogP contribution in [0.25, 0.3) is 0 Å². The molecule has 0 bridgehead atoms. The average molecular weight is 431 g/mol. The number of ether oxygens (including phenoxy) is 5. The quantitative estimate of drug-likeness (QED) is 0.434. The molecule has 10 nitrogen and oxygen atoms in total. The van der Waals surface area contributed by atoms with Gasteiger partial charge in [-0.15, -0.1) is 0 Å². The molecule has 10 heteroatoms. The van der Waals surface area contributed by atoms with Crippen molar-refractivity contribution in [3.05, 3.63) is 41.5 Å². The molecule has 166 valence electrons. The number of hydrazone groups is 1. The molecule has 2 aromatic rings. The number of rotatable bonds is 10. The van der Waals surface area contributed by atoms with E-state index in [4.69, 9.17) is 23.7 Å². The fourth-order valence-corrected chi connectivity index (χ4v) is 2.70. The first-order valence-corrected chi connectivity index (χ1v) is 9.10. The van der Waals surface area contributed by atoms with Gasteiger partial charge in [0.25, 0.3) is 11.8 Å². The number of para-hydroxylation sites is 1. The maximum Gasteiger partial charge on any atom is 0.259 e. The van der Waals surface area contributed by atoms with Crippen LogP contribution in [0.4, 0.5) is 0 Å². The largest absolute Gasteiger partial charge is 0.493 e.